The number of carboxylic acid groups (broad SMARTS) is 1. The number of benzene rings is 1. The van der Waals surface area contributed by atoms with Crippen molar-refractivity contribution < 1.29 is 22.7 Å². The molecule has 10 nitrogen and oxygen atoms in total. The van der Waals surface area contributed by atoms with E-state index in [9.17, 15) is 22.7 Å². The summed E-state index contributed by atoms with van der Waals surface area (Å²) in [7, 11) is -4.13. The number of halogens is 1. The molecule has 4 heterocycles. The lowest BCUT2D eigenvalue weighted by molar-refractivity contribution is -0.155. The average Bonchev–Trinajstić information content (AvgIpc) is 3.63. The molecule has 0 radical (unpaired) electrons. The summed E-state index contributed by atoms with van der Waals surface area (Å²) in [6.07, 6.45) is 14.0. The van der Waals surface area contributed by atoms with Crippen LogP contribution in [0.5, 0.6) is 0 Å². The molecule has 1 aromatic carbocycles. The average molecular weight is 627 g/mol. The fourth-order valence-electron chi connectivity index (χ4n) is 7.42. The Kier molecular flexibility index (Phi) is 6.70. The zero-order valence-corrected chi connectivity index (χ0v) is 25.6. The van der Waals surface area contributed by atoms with Crippen molar-refractivity contribution in [2.24, 2.45) is 17.3 Å². The summed E-state index contributed by atoms with van der Waals surface area (Å²) in [5.74, 6) is 1.09. The molecule has 0 amide bonds. The molecule has 0 saturated heterocycles. The van der Waals surface area contributed by atoms with Crippen LogP contribution in [0.25, 0.3) is 27.9 Å². The molecule has 5 aromatic rings. The van der Waals surface area contributed by atoms with Gasteiger partial charge in [-0.3, -0.25) is 4.79 Å². The van der Waals surface area contributed by atoms with Gasteiger partial charge in [-0.1, -0.05) is 30.5 Å². The molecular weight excluding hydrogens is 595 g/mol. The van der Waals surface area contributed by atoms with Gasteiger partial charge in [0.05, 0.1) is 17.0 Å². The summed E-state index contributed by atoms with van der Waals surface area (Å²) < 4.78 is 44.8. The Morgan fingerprint density at radius 2 is 1.93 bits per heavy atom. The van der Waals surface area contributed by atoms with E-state index in [0.717, 1.165) is 47.8 Å². The highest BCUT2D eigenvalue weighted by Crippen LogP contribution is 2.56. The standard InChI is InChI=1S/C33H31FN6O4S/c1-4-20-14-26-30(36-28-21-10-12-33(5-2,13-11-21)27(28)32(41)42)37-29(38-39(26)17-20)25-18-40(31-24(25)15-22(34)16-35-31)45(43,44)23-8-6-19(3)7-9-23/h1,6-9,14-18,21,27-28H,5,10-13H2,2-3H3,(H,41,42)(H,36,37,38)/t21?,27-,28-,33?/m0/s1. The molecule has 230 valence electrons. The second kappa shape index (κ2) is 10.4. The van der Waals surface area contributed by atoms with Crippen LogP contribution < -0.4 is 5.32 Å². The van der Waals surface area contributed by atoms with Crippen molar-refractivity contribution in [1.82, 2.24) is 23.6 Å². The SMILES string of the molecule is C#Cc1cc2c(N[C@H]3C4CCC(CC)(CC4)[C@@H]3C(=O)O)nc(-c3cn(S(=O)(=O)c4ccc(C)cc4)c4ncc(F)cc34)nn2c1. The maximum Gasteiger partial charge on any atom is 0.309 e. The van der Waals surface area contributed by atoms with Crippen molar-refractivity contribution in [3.63, 3.8) is 0 Å². The van der Waals surface area contributed by atoms with Crippen molar-refractivity contribution >= 4 is 38.4 Å². The fourth-order valence-corrected chi connectivity index (χ4v) is 8.75. The van der Waals surface area contributed by atoms with Crippen LogP contribution >= 0.6 is 0 Å². The largest absolute Gasteiger partial charge is 0.481 e. The number of nitrogens with one attached hydrogen (secondary N) is 1. The third-order valence-corrected chi connectivity index (χ3v) is 11.5. The predicted octanol–water partition coefficient (Wildman–Crippen LogP) is 5.49. The van der Waals surface area contributed by atoms with Gasteiger partial charge in [0.1, 0.15) is 11.3 Å². The highest BCUT2D eigenvalue weighted by atomic mass is 32.2. The number of carbonyl (C=O) groups is 1. The van der Waals surface area contributed by atoms with Crippen molar-refractivity contribution in [2.45, 2.75) is 56.9 Å². The number of terminal acetylenes is 1. The maximum atomic E-state index is 14.6. The Bertz CT molecular complexity index is 2140. The lowest BCUT2D eigenvalue weighted by Crippen LogP contribution is -2.57. The molecule has 3 aliphatic carbocycles. The Hall–Kier alpha value is -4.76. The van der Waals surface area contributed by atoms with E-state index in [1.54, 1.807) is 24.4 Å². The highest BCUT2D eigenvalue weighted by molar-refractivity contribution is 7.90. The van der Waals surface area contributed by atoms with Gasteiger partial charge < -0.3 is 10.4 Å². The second-order valence-electron chi connectivity index (χ2n) is 12.2. The summed E-state index contributed by atoms with van der Waals surface area (Å²) in [5.41, 5.74) is 1.92. The molecule has 2 bridgehead atoms. The molecule has 3 saturated carbocycles. The number of rotatable bonds is 7. The van der Waals surface area contributed by atoms with Crippen molar-refractivity contribution in [3.05, 3.63) is 71.9 Å². The van der Waals surface area contributed by atoms with Crippen LogP contribution in [0.1, 0.15) is 50.2 Å². The van der Waals surface area contributed by atoms with E-state index in [-0.39, 0.29) is 44.7 Å². The zero-order valence-electron chi connectivity index (χ0n) is 24.7. The molecule has 0 unspecified atom stereocenters. The van der Waals surface area contributed by atoms with Crippen LogP contribution in [0.2, 0.25) is 0 Å². The number of fused-ring (bicyclic) bond motifs is 5. The van der Waals surface area contributed by atoms with Crippen molar-refractivity contribution in [3.8, 4) is 23.7 Å². The van der Waals surface area contributed by atoms with Gasteiger partial charge in [-0.25, -0.2) is 31.3 Å². The van der Waals surface area contributed by atoms with E-state index in [1.165, 1.54) is 28.9 Å². The Balaban J connectivity index is 1.41. The van der Waals surface area contributed by atoms with Crippen LogP contribution in [-0.4, -0.2) is 49.1 Å². The first-order chi connectivity index (χ1) is 21.5. The summed E-state index contributed by atoms with van der Waals surface area (Å²) in [4.78, 5) is 21.7. The molecule has 3 fully saturated rings. The smallest absolute Gasteiger partial charge is 0.309 e. The first-order valence-corrected chi connectivity index (χ1v) is 16.3. The van der Waals surface area contributed by atoms with E-state index < -0.39 is 27.7 Å². The van der Waals surface area contributed by atoms with Gasteiger partial charge in [-0.2, -0.15) is 0 Å². The number of carboxylic acids is 1. The van der Waals surface area contributed by atoms with Gasteiger partial charge in [-0.05, 0) is 74.6 Å². The lowest BCUT2D eigenvalue weighted by atomic mass is 9.52. The number of nitrogens with zero attached hydrogens (tertiary/aromatic N) is 5. The van der Waals surface area contributed by atoms with Crippen molar-refractivity contribution in [1.29, 1.82) is 0 Å². The number of aryl methyl sites for hydroxylation is 1. The number of hydrogen-bond donors (Lipinski definition) is 2. The second-order valence-corrected chi connectivity index (χ2v) is 14.0. The van der Waals surface area contributed by atoms with E-state index in [0.29, 0.717) is 16.9 Å². The minimum Gasteiger partial charge on any atom is -0.481 e. The zero-order chi connectivity index (χ0) is 31.7. The van der Waals surface area contributed by atoms with Crippen LogP contribution in [0, 0.1) is 42.3 Å². The fraction of sp³-hybridized carbons (Fsp3) is 0.333. The van der Waals surface area contributed by atoms with E-state index in [4.69, 9.17) is 11.4 Å². The van der Waals surface area contributed by atoms with Crippen LogP contribution in [0.15, 0.2) is 59.9 Å². The maximum absolute atomic E-state index is 14.6. The van der Waals surface area contributed by atoms with Gasteiger partial charge in [0, 0.05) is 34.9 Å². The van der Waals surface area contributed by atoms with E-state index in [2.05, 4.69) is 28.2 Å². The minimum atomic E-state index is -4.13. The predicted molar refractivity (Wildman–Crippen MR) is 167 cm³/mol. The first kappa shape index (κ1) is 29.0. The number of hydrogen-bond acceptors (Lipinski definition) is 7. The third-order valence-electron chi connectivity index (χ3n) is 9.85. The molecule has 8 rings (SSSR count). The molecule has 2 N–H and O–H groups in total. The summed E-state index contributed by atoms with van der Waals surface area (Å²) in [6, 6.07) is 8.96. The van der Waals surface area contributed by atoms with Crippen LogP contribution in [-0.2, 0) is 14.8 Å². The highest BCUT2D eigenvalue weighted by Gasteiger charge is 2.55. The minimum absolute atomic E-state index is 0.0161. The van der Waals surface area contributed by atoms with Gasteiger partial charge in [0.25, 0.3) is 10.0 Å². The van der Waals surface area contributed by atoms with Gasteiger partial charge in [-0.15, -0.1) is 11.5 Å². The van der Waals surface area contributed by atoms with E-state index >= 15 is 0 Å². The molecular formula is C33H31FN6O4S. The molecule has 45 heavy (non-hydrogen) atoms. The Labute approximate surface area is 259 Å². The molecule has 12 heteroatoms. The summed E-state index contributed by atoms with van der Waals surface area (Å²) in [5, 5.41) is 18.8. The van der Waals surface area contributed by atoms with Gasteiger partial charge in [0.2, 0.25) is 0 Å². The summed E-state index contributed by atoms with van der Waals surface area (Å²) >= 11 is 0. The number of aromatic nitrogens is 5. The Morgan fingerprint density at radius 1 is 1.20 bits per heavy atom. The Morgan fingerprint density at radius 3 is 2.60 bits per heavy atom. The van der Waals surface area contributed by atoms with Gasteiger partial charge in [0.15, 0.2) is 17.3 Å². The lowest BCUT2D eigenvalue weighted by Gasteiger charge is -2.55. The van der Waals surface area contributed by atoms with Crippen molar-refractivity contribution in [2.75, 3.05) is 5.32 Å². The monoisotopic (exact) mass is 626 g/mol. The molecule has 4 aromatic heterocycles. The normalized spacial score (nSPS) is 22.9. The van der Waals surface area contributed by atoms with Crippen LogP contribution in [0.4, 0.5) is 10.2 Å². The number of anilines is 1. The van der Waals surface area contributed by atoms with E-state index in [1.807, 2.05) is 6.92 Å². The van der Waals surface area contributed by atoms with Gasteiger partial charge >= 0.3 is 5.97 Å². The quantitative estimate of drug-likeness (QED) is 0.227. The molecule has 0 aliphatic heterocycles. The molecule has 2 atom stereocenters. The van der Waals surface area contributed by atoms with Crippen LogP contribution in [0.3, 0.4) is 0 Å². The topological polar surface area (TPSA) is 131 Å². The number of aliphatic carboxylic acids is 1. The third kappa shape index (κ3) is 4.56. The molecule has 0 spiro atoms. The summed E-state index contributed by atoms with van der Waals surface area (Å²) in [6.45, 7) is 3.91. The first-order valence-electron chi connectivity index (χ1n) is 14.9. The molecule has 3 aliphatic rings. The number of pyridine rings is 1.